The summed E-state index contributed by atoms with van der Waals surface area (Å²) in [7, 11) is 0. The lowest BCUT2D eigenvalue weighted by Gasteiger charge is -2.09. The highest BCUT2D eigenvalue weighted by Gasteiger charge is 2.10. The smallest absolute Gasteiger partial charge is 0.336 e. The molecule has 0 aromatic heterocycles. The Morgan fingerprint density at radius 2 is 2.00 bits per heavy atom. The summed E-state index contributed by atoms with van der Waals surface area (Å²) in [5.74, 6) is -1.10. The van der Waals surface area contributed by atoms with Crippen molar-refractivity contribution in [2.24, 2.45) is 5.92 Å². The molecule has 5 heteroatoms. The highest BCUT2D eigenvalue weighted by atomic mass is 19.1. The average Bonchev–Trinajstić information content (AvgIpc) is 2.33. The maximum absolute atomic E-state index is 13.1. The van der Waals surface area contributed by atoms with Crippen LogP contribution in [0, 0.1) is 11.7 Å². The minimum atomic E-state index is -1.09. The largest absolute Gasteiger partial charge is 0.478 e. The molecular weight excluding hydrogens is 251 g/mol. The normalized spacial score (nSPS) is 10.9. The van der Waals surface area contributed by atoms with Gasteiger partial charge in [-0.15, -0.1) is 0 Å². The highest BCUT2D eigenvalue weighted by Crippen LogP contribution is 2.12. The van der Waals surface area contributed by atoms with Gasteiger partial charge in [-0.05, 0) is 29.7 Å². The summed E-state index contributed by atoms with van der Waals surface area (Å²) in [6.07, 6.45) is 0. The maximum atomic E-state index is 13.1. The van der Waals surface area contributed by atoms with Crippen LogP contribution in [-0.4, -0.2) is 30.9 Å². The van der Waals surface area contributed by atoms with Crippen LogP contribution in [0.3, 0.4) is 0 Å². The van der Waals surface area contributed by atoms with Crippen molar-refractivity contribution < 1.29 is 23.8 Å². The number of halogens is 1. The predicted molar refractivity (Wildman–Crippen MR) is 68.7 cm³/mol. The van der Waals surface area contributed by atoms with E-state index in [1.807, 2.05) is 13.8 Å². The monoisotopic (exact) mass is 270 g/mol. The second-order valence-electron chi connectivity index (χ2n) is 4.63. The van der Waals surface area contributed by atoms with E-state index in [1.54, 1.807) is 0 Å². The van der Waals surface area contributed by atoms with E-state index in [1.165, 1.54) is 12.1 Å². The zero-order valence-corrected chi connectivity index (χ0v) is 11.2. The zero-order chi connectivity index (χ0) is 14.3. The van der Waals surface area contributed by atoms with Gasteiger partial charge >= 0.3 is 5.97 Å². The van der Waals surface area contributed by atoms with E-state index in [9.17, 15) is 9.18 Å². The van der Waals surface area contributed by atoms with Gasteiger partial charge in [0.1, 0.15) is 5.82 Å². The Morgan fingerprint density at radius 3 is 2.63 bits per heavy atom. The number of carboxylic acids is 1. The van der Waals surface area contributed by atoms with Crippen LogP contribution in [0.4, 0.5) is 4.39 Å². The van der Waals surface area contributed by atoms with Gasteiger partial charge in [0.25, 0.3) is 0 Å². The second-order valence-corrected chi connectivity index (χ2v) is 4.63. The molecule has 1 aromatic carbocycles. The SMILES string of the molecule is CC(C)COCCOCc1cc(F)ccc1C(=O)O. The highest BCUT2D eigenvalue weighted by molar-refractivity contribution is 5.89. The van der Waals surface area contributed by atoms with Crippen molar-refractivity contribution in [3.63, 3.8) is 0 Å². The first-order valence-electron chi connectivity index (χ1n) is 6.18. The van der Waals surface area contributed by atoms with Gasteiger partial charge in [-0.1, -0.05) is 13.8 Å². The van der Waals surface area contributed by atoms with Gasteiger partial charge in [0.2, 0.25) is 0 Å². The molecule has 0 aliphatic rings. The topological polar surface area (TPSA) is 55.8 Å². The van der Waals surface area contributed by atoms with E-state index in [0.717, 1.165) is 6.07 Å². The molecule has 0 radical (unpaired) electrons. The molecule has 1 N–H and O–H groups in total. The number of hydrogen-bond donors (Lipinski definition) is 1. The number of hydrogen-bond acceptors (Lipinski definition) is 3. The summed E-state index contributed by atoms with van der Waals surface area (Å²) in [6.45, 7) is 5.60. The van der Waals surface area contributed by atoms with Crippen LogP contribution in [0.15, 0.2) is 18.2 Å². The van der Waals surface area contributed by atoms with Crippen molar-refractivity contribution in [1.29, 1.82) is 0 Å². The lowest BCUT2D eigenvalue weighted by atomic mass is 10.1. The van der Waals surface area contributed by atoms with Gasteiger partial charge in [0.05, 0.1) is 25.4 Å². The molecule has 1 rings (SSSR count). The third-order valence-electron chi connectivity index (χ3n) is 2.38. The first kappa shape index (κ1) is 15.6. The molecule has 19 heavy (non-hydrogen) atoms. The fraction of sp³-hybridized carbons (Fsp3) is 0.500. The van der Waals surface area contributed by atoms with E-state index >= 15 is 0 Å². The third kappa shape index (κ3) is 5.81. The van der Waals surface area contributed by atoms with Gasteiger partial charge < -0.3 is 14.6 Å². The Kier molecular flexibility index (Phi) is 6.45. The van der Waals surface area contributed by atoms with E-state index in [2.05, 4.69) is 0 Å². The lowest BCUT2D eigenvalue weighted by Crippen LogP contribution is -2.10. The summed E-state index contributed by atoms with van der Waals surface area (Å²) in [5.41, 5.74) is 0.390. The standard InChI is InChI=1S/C14H19FO4/c1-10(2)8-18-5-6-19-9-11-7-12(15)3-4-13(11)14(16)17/h3-4,7,10H,5-6,8-9H2,1-2H3,(H,16,17). The van der Waals surface area contributed by atoms with Crippen molar-refractivity contribution in [3.05, 3.63) is 35.1 Å². The predicted octanol–water partition coefficient (Wildman–Crippen LogP) is 2.71. The first-order valence-corrected chi connectivity index (χ1v) is 6.18. The molecule has 0 aliphatic carbocycles. The number of aromatic carboxylic acids is 1. The second kappa shape index (κ2) is 7.86. The van der Waals surface area contributed by atoms with Crippen LogP contribution >= 0.6 is 0 Å². The Morgan fingerprint density at radius 1 is 1.32 bits per heavy atom. The fourth-order valence-corrected chi connectivity index (χ4v) is 1.51. The molecule has 0 spiro atoms. The fourth-order valence-electron chi connectivity index (χ4n) is 1.51. The van der Waals surface area contributed by atoms with Crippen LogP contribution in [0.1, 0.15) is 29.8 Å². The van der Waals surface area contributed by atoms with Gasteiger partial charge in [-0.2, -0.15) is 0 Å². The van der Waals surface area contributed by atoms with E-state index in [-0.39, 0.29) is 12.2 Å². The summed E-state index contributed by atoms with van der Waals surface area (Å²) in [5, 5.41) is 8.96. The van der Waals surface area contributed by atoms with Crippen LogP contribution in [0.2, 0.25) is 0 Å². The minimum Gasteiger partial charge on any atom is -0.478 e. The molecule has 0 saturated carbocycles. The number of carbonyl (C=O) groups is 1. The molecule has 106 valence electrons. The molecule has 0 saturated heterocycles. The van der Waals surface area contributed by atoms with Crippen molar-refractivity contribution in [3.8, 4) is 0 Å². The lowest BCUT2D eigenvalue weighted by molar-refractivity contribution is 0.0309. The molecule has 0 unspecified atom stereocenters. The molecular formula is C14H19FO4. The van der Waals surface area contributed by atoms with E-state index in [4.69, 9.17) is 14.6 Å². The molecule has 1 aromatic rings. The number of benzene rings is 1. The quantitative estimate of drug-likeness (QED) is 0.738. The molecule has 4 nitrogen and oxygen atoms in total. The Labute approximate surface area is 112 Å². The zero-order valence-electron chi connectivity index (χ0n) is 11.2. The summed E-state index contributed by atoms with van der Waals surface area (Å²) < 4.78 is 23.7. The van der Waals surface area contributed by atoms with E-state index in [0.29, 0.717) is 31.3 Å². The molecule has 0 aliphatic heterocycles. The summed E-state index contributed by atoms with van der Waals surface area (Å²) in [6, 6.07) is 3.54. The van der Waals surface area contributed by atoms with Gasteiger partial charge in [-0.25, -0.2) is 9.18 Å². The van der Waals surface area contributed by atoms with Gasteiger partial charge in [0.15, 0.2) is 0 Å². The molecule has 0 atom stereocenters. The molecule has 0 bridgehead atoms. The van der Waals surface area contributed by atoms with Crippen molar-refractivity contribution in [1.82, 2.24) is 0 Å². The first-order chi connectivity index (χ1) is 9.00. The third-order valence-corrected chi connectivity index (χ3v) is 2.38. The number of rotatable bonds is 8. The Hall–Kier alpha value is -1.46. The number of ether oxygens (including phenoxy) is 2. The number of carboxylic acid groups (broad SMARTS) is 1. The summed E-state index contributed by atoms with van der Waals surface area (Å²) in [4.78, 5) is 10.9. The van der Waals surface area contributed by atoms with E-state index < -0.39 is 11.8 Å². The summed E-state index contributed by atoms with van der Waals surface area (Å²) >= 11 is 0. The van der Waals surface area contributed by atoms with Crippen LogP contribution in [0.25, 0.3) is 0 Å². The average molecular weight is 270 g/mol. The Balaban J connectivity index is 2.40. The molecule has 0 heterocycles. The maximum Gasteiger partial charge on any atom is 0.336 e. The molecule has 0 fully saturated rings. The minimum absolute atomic E-state index is 0.0597. The van der Waals surface area contributed by atoms with Crippen molar-refractivity contribution in [2.45, 2.75) is 20.5 Å². The van der Waals surface area contributed by atoms with Crippen LogP contribution in [0.5, 0.6) is 0 Å². The van der Waals surface area contributed by atoms with Crippen LogP contribution in [-0.2, 0) is 16.1 Å². The van der Waals surface area contributed by atoms with Crippen molar-refractivity contribution >= 4 is 5.97 Å². The Bertz CT molecular complexity index is 418. The molecule has 0 amide bonds. The van der Waals surface area contributed by atoms with Gasteiger partial charge in [0, 0.05) is 6.61 Å². The van der Waals surface area contributed by atoms with Crippen LogP contribution < -0.4 is 0 Å². The van der Waals surface area contributed by atoms with Crippen molar-refractivity contribution in [2.75, 3.05) is 19.8 Å². The van der Waals surface area contributed by atoms with Gasteiger partial charge in [-0.3, -0.25) is 0 Å².